The van der Waals surface area contributed by atoms with E-state index in [4.69, 9.17) is 11.6 Å². The molecule has 0 N–H and O–H groups in total. The highest BCUT2D eigenvalue weighted by molar-refractivity contribution is 6.18. The van der Waals surface area contributed by atoms with Crippen molar-refractivity contribution in [2.45, 2.75) is 33.7 Å². The molecule has 13 heavy (non-hydrogen) atoms. The molecular weight excluding hydrogens is 186 g/mol. The second kappa shape index (κ2) is 4.09. The maximum absolute atomic E-state index is 5.85. The minimum atomic E-state index is 0.0987. The van der Waals surface area contributed by atoms with Gasteiger partial charge in [0.25, 0.3) is 0 Å². The molecule has 0 radical (unpaired) electrons. The number of halogens is 1. The summed E-state index contributed by atoms with van der Waals surface area (Å²) < 4.78 is 1.91. The molecule has 0 aliphatic heterocycles. The van der Waals surface area contributed by atoms with Crippen molar-refractivity contribution in [2.75, 3.05) is 5.88 Å². The third-order valence-corrected chi connectivity index (χ3v) is 2.72. The Labute approximate surface area is 84.1 Å². The van der Waals surface area contributed by atoms with Crippen LogP contribution in [0, 0.1) is 5.41 Å². The predicted octanol–water partition coefficient (Wildman–Crippen LogP) is 2.11. The van der Waals surface area contributed by atoms with Gasteiger partial charge in [-0.2, -0.15) is 5.10 Å². The first-order valence-corrected chi connectivity index (χ1v) is 5.05. The van der Waals surface area contributed by atoms with E-state index in [9.17, 15) is 0 Å². The Hall–Kier alpha value is -0.570. The Kier molecular flexibility index (Phi) is 3.31. The van der Waals surface area contributed by atoms with Crippen molar-refractivity contribution in [1.29, 1.82) is 0 Å². The number of hydrogen-bond acceptors (Lipinski definition) is 2. The Balaban J connectivity index is 2.73. The smallest absolute Gasteiger partial charge is 0.138 e. The van der Waals surface area contributed by atoms with Gasteiger partial charge in [-0.05, 0) is 12.3 Å². The highest BCUT2D eigenvalue weighted by Crippen LogP contribution is 2.21. The van der Waals surface area contributed by atoms with Crippen LogP contribution in [0.2, 0.25) is 0 Å². The van der Waals surface area contributed by atoms with E-state index in [1.165, 1.54) is 0 Å². The monoisotopic (exact) mass is 201 g/mol. The standard InChI is InChI=1S/C9H16ClN3/c1-4-13-8(11-7-12-13)5-9(2,3)6-10/h7H,4-6H2,1-3H3. The molecule has 74 valence electrons. The summed E-state index contributed by atoms with van der Waals surface area (Å²) in [6.07, 6.45) is 2.48. The molecule has 0 bridgehead atoms. The zero-order chi connectivity index (χ0) is 9.90. The van der Waals surface area contributed by atoms with Crippen molar-refractivity contribution in [3.05, 3.63) is 12.2 Å². The van der Waals surface area contributed by atoms with Crippen LogP contribution >= 0.6 is 11.6 Å². The van der Waals surface area contributed by atoms with Gasteiger partial charge in [-0.25, -0.2) is 4.98 Å². The number of aromatic nitrogens is 3. The summed E-state index contributed by atoms with van der Waals surface area (Å²) in [6.45, 7) is 7.20. The molecule has 0 fully saturated rings. The molecule has 0 aliphatic rings. The molecular formula is C9H16ClN3. The van der Waals surface area contributed by atoms with Crippen molar-refractivity contribution >= 4 is 11.6 Å². The Morgan fingerprint density at radius 2 is 2.23 bits per heavy atom. The van der Waals surface area contributed by atoms with E-state index < -0.39 is 0 Å². The second-order valence-electron chi connectivity index (χ2n) is 3.97. The van der Waals surface area contributed by atoms with Gasteiger partial charge in [-0.15, -0.1) is 11.6 Å². The first kappa shape index (κ1) is 10.5. The van der Waals surface area contributed by atoms with Crippen LogP contribution < -0.4 is 0 Å². The van der Waals surface area contributed by atoms with Crippen molar-refractivity contribution in [3.63, 3.8) is 0 Å². The first-order chi connectivity index (χ1) is 6.09. The van der Waals surface area contributed by atoms with E-state index in [0.717, 1.165) is 18.8 Å². The van der Waals surface area contributed by atoms with Gasteiger partial charge in [0.05, 0.1) is 0 Å². The van der Waals surface area contributed by atoms with E-state index in [0.29, 0.717) is 5.88 Å². The minimum absolute atomic E-state index is 0.0987. The zero-order valence-corrected chi connectivity index (χ0v) is 9.17. The molecule has 0 atom stereocenters. The third kappa shape index (κ3) is 2.69. The lowest BCUT2D eigenvalue weighted by Crippen LogP contribution is -2.20. The van der Waals surface area contributed by atoms with Gasteiger partial charge >= 0.3 is 0 Å². The average molecular weight is 202 g/mol. The number of alkyl halides is 1. The minimum Gasteiger partial charge on any atom is -0.250 e. The van der Waals surface area contributed by atoms with E-state index in [2.05, 4.69) is 30.9 Å². The van der Waals surface area contributed by atoms with Crippen LogP contribution in [0.15, 0.2) is 6.33 Å². The van der Waals surface area contributed by atoms with E-state index in [1.54, 1.807) is 6.33 Å². The van der Waals surface area contributed by atoms with Crippen LogP contribution in [-0.4, -0.2) is 20.6 Å². The molecule has 0 saturated carbocycles. The molecule has 0 aromatic carbocycles. The zero-order valence-electron chi connectivity index (χ0n) is 8.42. The quantitative estimate of drug-likeness (QED) is 0.699. The third-order valence-electron chi connectivity index (χ3n) is 1.99. The molecule has 1 aromatic heterocycles. The molecule has 1 rings (SSSR count). The summed E-state index contributed by atoms with van der Waals surface area (Å²) in [7, 11) is 0. The average Bonchev–Trinajstić information content (AvgIpc) is 2.51. The molecule has 1 heterocycles. The van der Waals surface area contributed by atoms with Crippen molar-refractivity contribution < 1.29 is 0 Å². The topological polar surface area (TPSA) is 30.7 Å². The summed E-state index contributed by atoms with van der Waals surface area (Å²) in [4.78, 5) is 4.21. The van der Waals surface area contributed by atoms with E-state index in [-0.39, 0.29) is 5.41 Å². The van der Waals surface area contributed by atoms with Crippen LogP contribution in [0.4, 0.5) is 0 Å². The number of hydrogen-bond donors (Lipinski definition) is 0. The van der Waals surface area contributed by atoms with Gasteiger partial charge in [-0.3, -0.25) is 4.68 Å². The van der Waals surface area contributed by atoms with Crippen LogP contribution in [0.3, 0.4) is 0 Å². The predicted molar refractivity (Wildman–Crippen MR) is 53.9 cm³/mol. The largest absolute Gasteiger partial charge is 0.250 e. The van der Waals surface area contributed by atoms with Crippen molar-refractivity contribution in [2.24, 2.45) is 5.41 Å². The SMILES string of the molecule is CCn1ncnc1CC(C)(C)CCl. The summed E-state index contributed by atoms with van der Waals surface area (Å²) >= 11 is 5.85. The fraction of sp³-hybridized carbons (Fsp3) is 0.778. The normalized spacial score (nSPS) is 12.0. The molecule has 0 unspecified atom stereocenters. The molecule has 3 nitrogen and oxygen atoms in total. The van der Waals surface area contributed by atoms with Crippen molar-refractivity contribution in [3.8, 4) is 0 Å². The Morgan fingerprint density at radius 3 is 2.77 bits per heavy atom. The van der Waals surface area contributed by atoms with Gasteiger partial charge in [0, 0.05) is 18.8 Å². The summed E-state index contributed by atoms with van der Waals surface area (Å²) in [5.41, 5.74) is 0.0987. The van der Waals surface area contributed by atoms with Gasteiger partial charge in [0.2, 0.25) is 0 Å². The van der Waals surface area contributed by atoms with Gasteiger partial charge in [0.1, 0.15) is 12.2 Å². The molecule has 1 aromatic rings. The van der Waals surface area contributed by atoms with E-state index in [1.807, 2.05) is 4.68 Å². The van der Waals surface area contributed by atoms with Crippen LogP contribution in [0.25, 0.3) is 0 Å². The summed E-state index contributed by atoms with van der Waals surface area (Å²) in [6, 6.07) is 0. The molecule has 4 heteroatoms. The Morgan fingerprint density at radius 1 is 1.54 bits per heavy atom. The number of rotatable bonds is 4. The van der Waals surface area contributed by atoms with Gasteiger partial charge in [0.15, 0.2) is 0 Å². The molecule has 0 aliphatic carbocycles. The molecule has 0 saturated heterocycles. The number of aryl methyl sites for hydroxylation is 1. The van der Waals surface area contributed by atoms with Crippen LogP contribution in [0.5, 0.6) is 0 Å². The fourth-order valence-corrected chi connectivity index (χ4v) is 1.26. The summed E-state index contributed by atoms with van der Waals surface area (Å²) in [5, 5.41) is 4.12. The van der Waals surface area contributed by atoms with Gasteiger partial charge < -0.3 is 0 Å². The Bertz CT molecular complexity index is 268. The number of nitrogens with zero attached hydrogens (tertiary/aromatic N) is 3. The lowest BCUT2D eigenvalue weighted by Gasteiger charge is -2.20. The maximum atomic E-state index is 5.85. The highest BCUT2D eigenvalue weighted by atomic mass is 35.5. The summed E-state index contributed by atoms with van der Waals surface area (Å²) in [5.74, 6) is 1.66. The first-order valence-electron chi connectivity index (χ1n) is 4.51. The van der Waals surface area contributed by atoms with Gasteiger partial charge in [-0.1, -0.05) is 13.8 Å². The fourth-order valence-electron chi connectivity index (χ4n) is 1.16. The van der Waals surface area contributed by atoms with Crippen LogP contribution in [-0.2, 0) is 13.0 Å². The van der Waals surface area contributed by atoms with Crippen molar-refractivity contribution in [1.82, 2.24) is 14.8 Å². The highest BCUT2D eigenvalue weighted by Gasteiger charge is 2.19. The molecule has 0 spiro atoms. The lowest BCUT2D eigenvalue weighted by molar-refractivity contribution is 0.394. The maximum Gasteiger partial charge on any atom is 0.138 e. The molecule has 0 amide bonds. The van der Waals surface area contributed by atoms with E-state index >= 15 is 0 Å². The van der Waals surface area contributed by atoms with Crippen LogP contribution in [0.1, 0.15) is 26.6 Å². The lowest BCUT2D eigenvalue weighted by atomic mass is 9.91. The second-order valence-corrected chi connectivity index (χ2v) is 4.23.